The van der Waals surface area contributed by atoms with Gasteiger partial charge in [0.05, 0.1) is 17.1 Å². The fraction of sp³-hybridized carbons (Fsp3) is 0.458. The molecule has 0 N–H and O–H groups in total. The number of hydrogen-bond acceptors (Lipinski definition) is 3. The minimum atomic E-state index is -0.110. The van der Waals surface area contributed by atoms with Gasteiger partial charge in [0.15, 0.2) is 5.65 Å². The van der Waals surface area contributed by atoms with Crippen LogP contribution in [-0.2, 0) is 6.54 Å². The molecule has 5 nitrogen and oxygen atoms in total. The van der Waals surface area contributed by atoms with Crippen LogP contribution in [0.5, 0.6) is 0 Å². The van der Waals surface area contributed by atoms with Gasteiger partial charge in [-0.3, -0.25) is 4.79 Å². The lowest BCUT2D eigenvalue weighted by atomic mass is 10.1. The van der Waals surface area contributed by atoms with Crippen LogP contribution in [0.3, 0.4) is 0 Å². The lowest BCUT2D eigenvalue weighted by Crippen LogP contribution is -2.33. The van der Waals surface area contributed by atoms with Crippen LogP contribution in [0.2, 0.25) is 10.0 Å². The molecular formula is C24H28Cl2N4O. The van der Waals surface area contributed by atoms with Gasteiger partial charge in [-0.05, 0) is 49.6 Å². The first-order valence-electron chi connectivity index (χ1n) is 11.1. The first kappa shape index (κ1) is 22.1. The van der Waals surface area contributed by atoms with Crippen molar-refractivity contribution in [1.29, 1.82) is 0 Å². The van der Waals surface area contributed by atoms with E-state index in [-0.39, 0.29) is 5.91 Å². The summed E-state index contributed by atoms with van der Waals surface area (Å²) in [4.78, 5) is 24.9. The van der Waals surface area contributed by atoms with Crippen LogP contribution in [0.15, 0.2) is 36.5 Å². The van der Waals surface area contributed by atoms with Crippen LogP contribution in [0.4, 0.5) is 0 Å². The molecule has 31 heavy (non-hydrogen) atoms. The van der Waals surface area contributed by atoms with Gasteiger partial charge < -0.3 is 9.47 Å². The first-order valence-corrected chi connectivity index (χ1v) is 11.9. The zero-order chi connectivity index (χ0) is 21.8. The van der Waals surface area contributed by atoms with E-state index >= 15 is 0 Å². The summed E-state index contributed by atoms with van der Waals surface area (Å²) in [7, 11) is 0. The van der Waals surface area contributed by atoms with E-state index in [0.29, 0.717) is 34.7 Å². The number of benzene rings is 1. The average Bonchev–Trinajstić information content (AvgIpc) is 3.41. The van der Waals surface area contributed by atoms with E-state index in [1.165, 1.54) is 12.8 Å². The number of hydrogen-bond donors (Lipinski definition) is 0. The third-order valence-corrected chi connectivity index (χ3v) is 6.59. The van der Waals surface area contributed by atoms with Crippen LogP contribution in [0.1, 0.15) is 74.1 Å². The molecule has 2 aromatic heterocycles. The van der Waals surface area contributed by atoms with Crippen LogP contribution >= 0.6 is 23.2 Å². The van der Waals surface area contributed by atoms with Gasteiger partial charge >= 0.3 is 0 Å². The predicted molar refractivity (Wildman–Crippen MR) is 126 cm³/mol. The quantitative estimate of drug-likeness (QED) is 0.353. The Morgan fingerprint density at radius 3 is 2.77 bits per heavy atom. The van der Waals surface area contributed by atoms with Gasteiger partial charge in [-0.1, -0.05) is 55.8 Å². The molecule has 0 unspecified atom stereocenters. The molecule has 1 aliphatic carbocycles. The van der Waals surface area contributed by atoms with Gasteiger partial charge in [0.1, 0.15) is 11.3 Å². The fourth-order valence-corrected chi connectivity index (χ4v) is 4.81. The molecule has 0 saturated heterocycles. The molecule has 7 heteroatoms. The van der Waals surface area contributed by atoms with Gasteiger partial charge in [0, 0.05) is 23.8 Å². The van der Waals surface area contributed by atoms with Crippen molar-refractivity contribution in [3.05, 3.63) is 58.0 Å². The second-order valence-electron chi connectivity index (χ2n) is 8.24. The number of amides is 1. The number of unbranched alkanes of at least 4 members (excludes halogenated alkanes) is 2. The van der Waals surface area contributed by atoms with Crippen LogP contribution in [-0.4, -0.2) is 31.9 Å². The number of carbonyl (C=O) groups is 1. The maximum atomic E-state index is 13.5. The second-order valence-corrected chi connectivity index (χ2v) is 9.08. The van der Waals surface area contributed by atoms with E-state index in [1.807, 2.05) is 23.2 Å². The van der Waals surface area contributed by atoms with Gasteiger partial charge in [-0.15, -0.1) is 0 Å². The van der Waals surface area contributed by atoms with Gasteiger partial charge in [-0.25, -0.2) is 9.97 Å². The summed E-state index contributed by atoms with van der Waals surface area (Å²) in [6.45, 7) is 3.24. The van der Waals surface area contributed by atoms with Crippen molar-refractivity contribution in [2.45, 2.75) is 64.5 Å². The maximum absolute atomic E-state index is 13.5. The van der Waals surface area contributed by atoms with Gasteiger partial charge in [-0.2, -0.15) is 0 Å². The van der Waals surface area contributed by atoms with Crippen LogP contribution in [0.25, 0.3) is 11.2 Å². The zero-order valence-corrected chi connectivity index (χ0v) is 19.4. The third-order valence-electron chi connectivity index (χ3n) is 6.02. The number of aromatic nitrogens is 3. The Labute approximate surface area is 193 Å². The summed E-state index contributed by atoms with van der Waals surface area (Å²) in [6.07, 6.45) is 9.58. The Kier molecular flexibility index (Phi) is 7.13. The molecule has 1 saturated carbocycles. The topological polar surface area (TPSA) is 51.0 Å². The minimum Gasteiger partial charge on any atom is -0.331 e. The summed E-state index contributed by atoms with van der Waals surface area (Å²) in [6, 6.07) is 9.33. The zero-order valence-electron chi connectivity index (χ0n) is 17.9. The van der Waals surface area contributed by atoms with E-state index in [9.17, 15) is 4.79 Å². The van der Waals surface area contributed by atoms with Crippen LogP contribution in [0, 0.1) is 0 Å². The summed E-state index contributed by atoms with van der Waals surface area (Å²) >= 11 is 12.5. The highest BCUT2D eigenvalue weighted by Gasteiger charge is 2.26. The molecule has 1 aliphatic rings. The number of imidazole rings is 1. The Bertz CT molecular complexity index is 1060. The maximum Gasteiger partial charge on any atom is 0.255 e. The number of halogens is 2. The predicted octanol–water partition coefficient (Wildman–Crippen LogP) is 6.69. The minimum absolute atomic E-state index is 0.110. The molecule has 1 fully saturated rings. The molecule has 1 aromatic carbocycles. The Morgan fingerprint density at radius 2 is 2.00 bits per heavy atom. The van der Waals surface area contributed by atoms with E-state index in [2.05, 4.69) is 16.5 Å². The number of carbonyl (C=O) groups excluding carboxylic acids is 1. The second kappa shape index (κ2) is 10.0. The largest absolute Gasteiger partial charge is 0.331 e. The van der Waals surface area contributed by atoms with E-state index in [1.54, 1.807) is 18.2 Å². The molecule has 0 radical (unpaired) electrons. The number of nitrogens with zero attached hydrogens (tertiary/aromatic N) is 4. The fourth-order valence-electron chi connectivity index (χ4n) is 4.44. The van der Waals surface area contributed by atoms with Crippen molar-refractivity contribution in [3.63, 3.8) is 0 Å². The number of pyridine rings is 1. The Morgan fingerprint density at radius 1 is 1.19 bits per heavy atom. The summed E-state index contributed by atoms with van der Waals surface area (Å²) in [5.41, 5.74) is 2.23. The Hall–Kier alpha value is -2.11. The molecule has 0 bridgehead atoms. The first-order chi connectivity index (χ1) is 15.1. The normalized spacial score (nSPS) is 14.4. The summed E-state index contributed by atoms with van der Waals surface area (Å²) < 4.78 is 2.27. The van der Waals surface area contributed by atoms with Crippen molar-refractivity contribution in [2.24, 2.45) is 0 Å². The monoisotopic (exact) mass is 458 g/mol. The Balaban J connectivity index is 1.70. The highest BCUT2D eigenvalue weighted by atomic mass is 35.5. The van der Waals surface area contributed by atoms with Crippen LogP contribution < -0.4 is 0 Å². The average molecular weight is 459 g/mol. The van der Waals surface area contributed by atoms with Crippen molar-refractivity contribution in [3.8, 4) is 0 Å². The summed E-state index contributed by atoms with van der Waals surface area (Å²) in [5, 5.41) is 0.921. The molecule has 0 spiro atoms. The van der Waals surface area contributed by atoms with Crippen molar-refractivity contribution in [1.82, 2.24) is 19.4 Å². The molecule has 0 aliphatic heterocycles. The molecule has 2 heterocycles. The molecule has 3 aromatic rings. The van der Waals surface area contributed by atoms with E-state index in [0.717, 1.165) is 49.1 Å². The van der Waals surface area contributed by atoms with Crippen molar-refractivity contribution >= 4 is 40.3 Å². The van der Waals surface area contributed by atoms with Crippen molar-refractivity contribution in [2.75, 3.05) is 6.54 Å². The van der Waals surface area contributed by atoms with E-state index < -0.39 is 0 Å². The highest BCUT2D eigenvalue weighted by Crippen LogP contribution is 2.33. The third kappa shape index (κ3) is 4.88. The summed E-state index contributed by atoms with van der Waals surface area (Å²) in [5.74, 6) is 0.783. The number of rotatable bonds is 8. The standard InChI is InChI=1S/C24H28Cl2N4O/c1-2-3-6-14-29(24(31)19-15-17(25)11-12-20(19)26)16-22-28-21-10-7-13-27-23(21)30(22)18-8-4-5-9-18/h7,10-13,15,18H,2-6,8-9,14,16H2,1H3. The molecular weight excluding hydrogens is 431 g/mol. The molecule has 164 valence electrons. The highest BCUT2D eigenvalue weighted by molar-refractivity contribution is 6.35. The van der Waals surface area contributed by atoms with Crippen molar-refractivity contribution < 1.29 is 4.79 Å². The molecule has 1 amide bonds. The molecule has 0 atom stereocenters. The van der Waals surface area contributed by atoms with Gasteiger partial charge in [0.25, 0.3) is 5.91 Å². The number of fused-ring (bicyclic) bond motifs is 1. The smallest absolute Gasteiger partial charge is 0.255 e. The molecule has 4 rings (SSSR count). The van der Waals surface area contributed by atoms with E-state index in [4.69, 9.17) is 28.2 Å². The SMILES string of the molecule is CCCCCN(Cc1nc2cccnc2n1C1CCCC1)C(=O)c1cc(Cl)ccc1Cl. The lowest BCUT2D eigenvalue weighted by molar-refractivity contribution is 0.0733. The lowest BCUT2D eigenvalue weighted by Gasteiger charge is -2.25. The van der Waals surface area contributed by atoms with Gasteiger partial charge in [0.2, 0.25) is 0 Å².